The summed E-state index contributed by atoms with van der Waals surface area (Å²) in [6.07, 6.45) is 0. The summed E-state index contributed by atoms with van der Waals surface area (Å²) in [5.74, 6) is -2.16. The van der Waals surface area contributed by atoms with E-state index < -0.39 is 18.5 Å². The van der Waals surface area contributed by atoms with E-state index in [0.29, 0.717) is 5.56 Å². The van der Waals surface area contributed by atoms with E-state index in [1.807, 2.05) is 18.2 Å². The smallest absolute Gasteiger partial charge is 0.336 e. The third-order valence-electron chi connectivity index (χ3n) is 2.74. The molecule has 0 spiro atoms. The Morgan fingerprint density at radius 2 is 1.85 bits per heavy atom. The van der Waals surface area contributed by atoms with Crippen molar-refractivity contribution in [2.45, 2.75) is 6.61 Å². The van der Waals surface area contributed by atoms with Crippen LogP contribution in [0.15, 0.2) is 34.8 Å². The van der Waals surface area contributed by atoms with Gasteiger partial charge in [0.15, 0.2) is 0 Å². The van der Waals surface area contributed by atoms with Gasteiger partial charge in [-0.15, -0.1) is 0 Å². The Morgan fingerprint density at radius 3 is 2.50 bits per heavy atom. The third-order valence-corrected chi connectivity index (χ3v) is 3.23. The van der Waals surface area contributed by atoms with Crippen molar-refractivity contribution in [3.8, 4) is 0 Å². The Balaban J connectivity index is 2.41. The maximum absolute atomic E-state index is 11.2. The molecule has 0 aliphatic carbocycles. The predicted octanol–water partition coefficient (Wildman–Crippen LogP) is 2.90. The Morgan fingerprint density at radius 1 is 1.10 bits per heavy atom. The van der Waals surface area contributed by atoms with Crippen LogP contribution >= 0.6 is 15.9 Å². The van der Waals surface area contributed by atoms with E-state index in [1.165, 1.54) is 0 Å². The molecule has 0 fully saturated rings. The van der Waals surface area contributed by atoms with Crippen molar-refractivity contribution in [1.29, 1.82) is 0 Å². The molecule has 0 aromatic heterocycles. The van der Waals surface area contributed by atoms with Crippen molar-refractivity contribution in [3.05, 3.63) is 45.9 Å². The van der Waals surface area contributed by atoms with Crippen LogP contribution in [-0.4, -0.2) is 28.8 Å². The molecule has 0 amide bonds. The van der Waals surface area contributed by atoms with Gasteiger partial charge in [-0.3, -0.25) is 0 Å². The molecule has 2 aromatic rings. The molecule has 104 valence electrons. The molecule has 2 rings (SSSR count). The Labute approximate surface area is 122 Å². The standard InChI is InChI=1S/C14H11BrO5/c15-11-2-1-8-5-12(14(18)19)10(3-9(8)4-11)6-20-7-13(16)17/h1-5H,6-7H2,(H,16,17)(H,18,19). The number of carboxylic acid groups (broad SMARTS) is 2. The first-order valence-corrected chi connectivity index (χ1v) is 6.51. The van der Waals surface area contributed by atoms with Gasteiger partial charge in [-0.2, -0.15) is 0 Å². The SMILES string of the molecule is O=C(O)COCc1cc2cc(Br)ccc2cc1C(=O)O. The minimum atomic E-state index is -1.09. The summed E-state index contributed by atoms with van der Waals surface area (Å²) >= 11 is 3.35. The number of halogens is 1. The van der Waals surface area contributed by atoms with E-state index in [2.05, 4.69) is 15.9 Å². The average molecular weight is 339 g/mol. The molecular weight excluding hydrogens is 328 g/mol. The molecule has 0 bridgehead atoms. The van der Waals surface area contributed by atoms with Gasteiger partial charge in [0.1, 0.15) is 6.61 Å². The largest absolute Gasteiger partial charge is 0.480 e. The number of fused-ring (bicyclic) bond motifs is 1. The molecule has 0 aliphatic rings. The lowest BCUT2D eigenvalue weighted by molar-refractivity contribution is -0.142. The Bertz CT molecular complexity index is 681. The van der Waals surface area contributed by atoms with Crippen molar-refractivity contribution in [3.63, 3.8) is 0 Å². The number of aliphatic carboxylic acids is 1. The molecule has 0 saturated heterocycles. The topological polar surface area (TPSA) is 83.8 Å². The van der Waals surface area contributed by atoms with Crippen molar-refractivity contribution >= 4 is 38.6 Å². The van der Waals surface area contributed by atoms with E-state index >= 15 is 0 Å². The minimum absolute atomic E-state index is 0.0591. The molecule has 0 atom stereocenters. The lowest BCUT2D eigenvalue weighted by Crippen LogP contribution is -2.09. The molecule has 0 radical (unpaired) electrons. The minimum Gasteiger partial charge on any atom is -0.480 e. The van der Waals surface area contributed by atoms with Crippen molar-refractivity contribution in [1.82, 2.24) is 0 Å². The zero-order valence-electron chi connectivity index (χ0n) is 10.3. The zero-order chi connectivity index (χ0) is 14.7. The van der Waals surface area contributed by atoms with Crippen molar-refractivity contribution < 1.29 is 24.5 Å². The van der Waals surface area contributed by atoms with Crippen LogP contribution in [0, 0.1) is 0 Å². The number of carboxylic acids is 2. The van der Waals surface area contributed by atoms with Gasteiger partial charge < -0.3 is 14.9 Å². The lowest BCUT2D eigenvalue weighted by Gasteiger charge is -2.09. The highest BCUT2D eigenvalue weighted by Crippen LogP contribution is 2.24. The highest BCUT2D eigenvalue weighted by Gasteiger charge is 2.12. The normalized spacial score (nSPS) is 10.7. The van der Waals surface area contributed by atoms with Crippen LogP contribution < -0.4 is 0 Å². The van der Waals surface area contributed by atoms with Gasteiger partial charge in [0, 0.05) is 4.47 Å². The van der Waals surface area contributed by atoms with E-state index in [9.17, 15) is 14.7 Å². The molecule has 2 N–H and O–H groups in total. The van der Waals surface area contributed by atoms with Gasteiger partial charge in [-0.1, -0.05) is 22.0 Å². The summed E-state index contributed by atoms with van der Waals surface area (Å²) < 4.78 is 5.86. The van der Waals surface area contributed by atoms with E-state index in [-0.39, 0.29) is 12.2 Å². The van der Waals surface area contributed by atoms with E-state index in [4.69, 9.17) is 9.84 Å². The highest BCUT2D eigenvalue weighted by atomic mass is 79.9. The Hall–Kier alpha value is -1.92. The maximum Gasteiger partial charge on any atom is 0.336 e. The predicted molar refractivity (Wildman–Crippen MR) is 75.9 cm³/mol. The second kappa shape index (κ2) is 6.02. The quantitative estimate of drug-likeness (QED) is 0.875. The van der Waals surface area contributed by atoms with Crippen LogP contribution in [0.5, 0.6) is 0 Å². The summed E-state index contributed by atoms with van der Waals surface area (Å²) in [6, 6.07) is 8.76. The second-order valence-electron chi connectivity index (χ2n) is 4.19. The number of hydrogen-bond acceptors (Lipinski definition) is 3. The van der Waals surface area contributed by atoms with Gasteiger partial charge in [-0.05, 0) is 40.6 Å². The second-order valence-corrected chi connectivity index (χ2v) is 5.11. The number of ether oxygens (including phenoxy) is 1. The molecule has 0 heterocycles. The molecule has 2 aromatic carbocycles. The fourth-order valence-electron chi connectivity index (χ4n) is 1.88. The fraction of sp³-hybridized carbons (Fsp3) is 0.143. The summed E-state index contributed by atoms with van der Waals surface area (Å²) in [5, 5.41) is 19.4. The van der Waals surface area contributed by atoms with Gasteiger partial charge in [-0.25, -0.2) is 9.59 Å². The summed E-state index contributed by atoms with van der Waals surface area (Å²) in [5.41, 5.74) is 0.564. The zero-order valence-corrected chi connectivity index (χ0v) is 11.9. The highest BCUT2D eigenvalue weighted by molar-refractivity contribution is 9.10. The number of rotatable bonds is 5. The van der Waals surface area contributed by atoms with Crippen LogP contribution in [0.3, 0.4) is 0 Å². The number of carbonyl (C=O) groups is 2. The molecule has 5 nitrogen and oxygen atoms in total. The van der Waals surface area contributed by atoms with Crippen LogP contribution in [0.25, 0.3) is 10.8 Å². The average Bonchev–Trinajstić information content (AvgIpc) is 2.37. The molecule has 20 heavy (non-hydrogen) atoms. The number of benzene rings is 2. The van der Waals surface area contributed by atoms with E-state index in [0.717, 1.165) is 15.2 Å². The molecule has 0 saturated carbocycles. The maximum atomic E-state index is 11.2. The first kappa shape index (κ1) is 14.5. The van der Waals surface area contributed by atoms with Crippen LogP contribution in [0.1, 0.15) is 15.9 Å². The molecule has 0 aliphatic heterocycles. The van der Waals surface area contributed by atoms with Crippen LogP contribution in [-0.2, 0) is 16.1 Å². The molecular formula is C14H11BrO5. The lowest BCUT2D eigenvalue weighted by atomic mass is 10.0. The van der Waals surface area contributed by atoms with Gasteiger partial charge >= 0.3 is 11.9 Å². The summed E-state index contributed by atoms with van der Waals surface area (Å²) in [7, 11) is 0. The monoisotopic (exact) mass is 338 g/mol. The fourth-order valence-corrected chi connectivity index (χ4v) is 2.26. The van der Waals surface area contributed by atoms with Crippen molar-refractivity contribution in [2.75, 3.05) is 6.61 Å². The number of aromatic carboxylic acids is 1. The van der Waals surface area contributed by atoms with Crippen LogP contribution in [0.2, 0.25) is 0 Å². The molecule has 6 heteroatoms. The number of hydrogen-bond donors (Lipinski definition) is 2. The first-order chi connectivity index (χ1) is 9.47. The third kappa shape index (κ3) is 3.34. The summed E-state index contributed by atoms with van der Waals surface area (Å²) in [4.78, 5) is 21.7. The van der Waals surface area contributed by atoms with Crippen molar-refractivity contribution in [2.24, 2.45) is 0 Å². The summed E-state index contributed by atoms with van der Waals surface area (Å²) in [6.45, 7) is -0.522. The van der Waals surface area contributed by atoms with Crippen LogP contribution in [0.4, 0.5) is 0 Å². The molecule has 0 unspecified atom stereocenters. The van der Waals surface area contributed by atoms with Gasteiger partial charge in [0.05, 0.1) is 12.2 Å². The van der Waals surface area contributed by atoms with E-state index in [1.54, 1.807) is 12.1 Å². The van der Waals surface area contributed by atoms with Gasteiger partial charge in [0.25, 0.3) is 0 Å². The van der Waals surface area contributed by atoms with Gasteiger partial charge in [0.2, 0.25) is 0 Å². The first-order valence-electron chi connectivity index (χ1n) is 5.72. The Kier molecular flexibility index (Phi) is 4.36.